The molecule has 0 aromatic rings. The van der Waals surface area contributed by atoms with Gasteiger partial charge >= 0.3 is 0 Å². The minimum Gasteiger partial charge on any atom is -0.353 e. The Kier molecular flexibility index (Phi) is 5.22. The van der Waals surface area contributed by atoms with Crippen molar-refractivity contribution in [2.45, 2.75) is 53.4 Å². The van der Waals surface area contributed by atoms with Crippen molar-refractivity contribution < 1.29 is 9.47 Å². The van der Waals surface area contributed by atoms with Crippen LogP contribution in [0.5, 0.6) is 0 Å². The maximum Gasteiger partial charge on any atom is 0.155 e. The Bertz CT molecular complexity index is 318. The molecule has 0 amide bonds. The van der Waals surface area contributed by atoms with E-state index < -0.39 is 0 Å². The second-order valence-electron chi connectivity index (χ2n) is 4.25. The van der Waals surface area contributed by atoms with E-state index in [1.807, 2.05) is 13.8 Å². The molecule has 1 aliphatic rings. The lowest BCUT2D eigenvalue weighted by molar-refractivity contribution is -0.148. The summed E-state index contributed by atoms with van der Waals surface area (Å²) < 4.78 is 12.5. The van der Waals surface area contributed by atoms with Crippen molar-refractivity contribution in [3.05, 3.63) is 21.2 Å². The molecule has 0 aromatic carbocycles. The van der Waals surface area contributed by atoms with E-state index in [4.69, 9.17) is 9.47 Å². The van der Waals surface area contributed by atoms with E-state index in [2.05, 4.69) is 36.7 Å². The number of rotatable bonds is 4. The molecule has 2 unspecified atom stereocenters. The first-order valence-electron chi connectivity index (χ1n) is 5.77. The molecule has 0 aromatic heterocycles. The van der Waals surface area contributed by atoms with Crippen molar-refractivity contribution in [3.8, 4) is 0 Å². The molecule has 0 heterocycles. The quantitative estimate of drug-likeness (QED) is 0.723. The molecule has 2 atom stereocenters. The molecule has 2 nitrogen and oxygen atoms in total. The molecule has 0 bridgehead atoms. The monoisotopic (exact) mass is 288 g/mol. The van der Waals surface area contributed by atoms with Gasteiger partial charge in [-0.3, -0.25) is 0 Å². The fourth-order valence-electron chi connectivity index (χ4n) is 1.91. The molecule has 1 rings (SSSR count). The zero-order valence-electron chi connectivity index (χ0n) is 10.8. The number of hydrogen-bond donors (Lipinski definition) is 0. The van der Waals surface area contributed by atoms with Crippen molar-refractivity contribution in [3.63, 3.8) is 0 Å². The van der Waals surface area contributed by atoms with Gasteiger partial charge < -0.3 is 9.47 Å². The molecule has 0 radical (unpaired) electrons. The third-order valence-corrected chi connectivity index (χ3v) is 4.30. The maximum absolute atomic E-state index is 5.90. The predicted molar refractivity (Wildman–Crippen MR) is 70.6 cm³/mol. The second-order valence-corrected chi connectivity index (χ2v) is 5.05. The van der Waals surface area contributed by atoms with E-state index >= 15 is 0 Å². The number of hydrogen-bond acceptors (Lipinski definition) is 2. The summed E-state index contributed by atoms with van der Waals surface area (Å²) >= 11 is 3.62. The Morgan fingerprint density at radius 1 is 1.38 bits per heavy atom. The molecule has 0 fully saturated rings. The van der Waals surface area contributed by atoms with Gasteiger partial charge in [-0.1, -0.05) is 21.5 Å². The van der Waals surface area contributed by atoms with Crippen LogP contribution in [-0.4, -0.2) is 19.0 Å². The van der Waals surface area contributed by atoms with Crippen LogP contribution in [0.1, 0.15) is 41.0 Å². The Labute approximate surface area is 107 Å². The number of allylic oxidation sites excluding steroid dienone is 2. The molecule has 0 N–H and O–H groups in total. The van der Waals surface area contributed by atoms with E-state index in [1.165, 1.54) is 21.2 Å². The highest BCUT2D eigenvalue weighted by Gasteiger charge is 2.23. The van der Waals surface area contributed by atoms with Crippen LogP contribution >= 0.6 is 15.9 Å². The summed E-state index contributed by atoms with van der Waals surface area (Å²) in [6, 6.07) is 0. The summed E-state index contributed by atoms with van der Waals surface area (Å²) in [5.74, 6) is 0. The molecular formula is C13H21BrO2. The van der Waals surface area contributed by atoms with E-state index in [0.717, 1.165) is 6.42 Å². The van der Waals surface area contributed by atoms with Gasteiger partial charge in [0.05, 0.1) is 6.10 Å². The maximum atomic E-state index is 5.90. The van der Waals surface area contributed by atoms with Crippen LogP contribution < -0.4 is 0 Å². The van der Waals surface area contributed by atoms with Gasteiger partial charge in [0.25, 0.3) is 0 Å². The summed E-state index contributed by atoms with van der Waals surface area (Å²) in [7, 11) is 0. The lowest BCUT2D eigenvalue weighted by Gasteiger charge is -2.29. The van der Waals surface area contributed by atoms with Crippen molar-refractivity contribution in [1.29, 1.82) is 0 Å². The first-order valence-corrected chi connectivity index (χ1v) is 6.56. The Morgan fingerprint density at radius 2 is 2.00 bits per heavy atom. The van der Waals surface area contributed by atoms with Gasteiger partial charge in [-0.2, -0.15) is 0 Å². The topological polar surface area (TPSA) is 18.5 Å². The Hall–Kier alpha value is -0.120. The van der Waals surface area contributed by atoms with Crippen LogP contribution in [0.3, 0.4) is 0 Å². The van der Waals surface area contributed by atoms with Crippen molar-refractivity contribution >= 4 is 15.9 Å². The van der Waals surface area contributed by atoms with Crippen LogP contribution in [0.15, 0.2) is 21.2 Å². The van der Waals surface area contributed by atoms with Gasteiger partial charge in [-0.05, 0) is 52.2 Å². The van der Waals surface area contributed by atoms with E-state index in [0.29, 0.717) is 6.61 Å². The first-order chi connectivity index (χ1) is 7.47. The molecule has 0 aliphatic heterocycles. The summed E-state index contributed by atoms with van der Waals surface area (Å²) in [6.45, 7) is 11.0. The normalized spacial score (nSPS) is 24.0. The summed E-state index contributed by atoms with van der Waals surface area (Å²) in [5, 5.41) is 0. The molecule has 1 aliphatic carbocycles. The minimum absolute atomic E-state index is 0.137. The minimum atomic E-state index is -0.137. The average Bonchev–Trinajstić information content (AvgIpc) is 2.23. The smallest absolute Gasteiger partial charge is 0.155 e. The fraction of sp³-hybridized carbons (Fsp3) is 0.692. The van der Waals surface area contributed by atoms with Gasteiger partial charge in [0.1, 0.15) is 0 Å². The SMILES string of the molecule is CCOC(C)OC1CC(C)=C(Br)C(C)=C1C. The second kappa shape index (κ2) is 5.99. The zero-order valence-corrected chi connectivity index (χ0v) is 12.3. The largest absolute Gasteiger partial charge is 0.353 e. The van der Waals surface area contributed by atoms with Gasteiger partial charge in [-0.15, -0.1) is 0 Å². The Morgan fingerprint density at radius 3 is 2.56 bits per heavy atom. The van der Waals surface area contributed by atoms with E-state index in [9.17, 15) is 0 Å². The lowest BCUT2D eigenvalue weighted by Crippen LogP contribution is -2.26. The third kappa shape index (κ3) is 3.19. The average molecular weight is 289 g/mol. The molecule has 0 saturated heterocycles. The van der Waals surface area contributed by atoms with E-state index in [1.54, 1.807) is 0 Å². The molecular weight excluding hydrogens is 268 g/mol. The van der Waals surface area contributed by atoms with Crippen LogP contribution in [0.4, 0.5) is 0 Å². The first kappa shape index (κ1) is 13.9. The highest BCUT2D eigenvalue weighted by atomic mass is 79.9. The molecule has 0 saturated carbocycles. The zero-order chi connectivity index (χ0) is 12.3. The van der Waals surface area contributed by atoms with Crippen molar-refractivity contribution in [2.24, 2.45) is 0 Å². The third-order valence-electron chi connectivity index (χ3n) is 3.03. The van der Waals surface area contributed by atoms with Crippen molar-refractivity contribution in [1.82, 2.24) is 0 Å². The van der Waals surface area contributed by atoms with Gasteiger partial charge in [0.2, 0.25) is 0 Å². The highest BCUT2D eigenvalue weighted by molar-refractivity contribution is 9.12. The van der Waals surface area contributed by atoms with Crippen molar-refractivity contribution in [2.75, 3.05) is 6.61 Å². The van der Waals surface area contributed by atoms with Crippen LogP contribution in [0.2, 0.25) is 0 Å². The molecule has 0 spiro atoms. The van der Waals surface area contributed by atoms with Crippen LogP contribution in [0.25, 0.3) is 0 Å². The Balaban J connectivity index is 2.72. The van der Waals surface area contributed by atoms with Gasteiger partial charge in [-0.25, -0.2) is 0 Å². The summed E-state index contributed by atoms with van der Waals surface area (Å²) in [6.07, 6.45) is 0.964. The summed E-state index contributed by atoms with van der Waals surface area (Å²) in [4.78, 5) is 0. The summed E-state index contributed by atoms with van der Waals surface area (Å²) in [5.41, 5.74) is 3.93. The predicted octanol–water partition coefficient (Wildman–Crippen LogP) is 4.16. The highest BCUT2D eigenvalue weighted by Crippen LogP contribution is 2.35. The van der Waals surface area contributed by atoms with Gasteiger partial charge in [0.15, 0.2) is 6.29 Å². The van der Waals surface area contributed by atoms with Crippen LogP contribution in [-0.2, 0) is 9.47 Å². The van der Waals surface area contributed by atoms with Gasteiger partial charge in [0, 0.05) is 11.1 Å². The standard InChI is InChI=1S/C13H21BrO2/c1-6-15-11(5)16-12-7-8(2)13(14)10(4)9(12)3/h11-12H,6-7H2,1-5H3. The number of halogens is 1. The molecule has 16 heavy (non-hydrogen) atoms. The lowest BCUT2D eigenvalue weighted by atomic mass is 9.92. The van der Waals surface area contributed by atoms with Crippen LogP contribution in [0, 0.1) is 0 Å². The molecule has 3 heteroatoms. The molecule has 92 valence electrons. The number of ether oxygens (including phenoxy) is 2. The van der Waals surface area contributed by atoms with E-state index in [-0.39, 0.29) is 12.4 Å². The fourth-order valence-corrected chi connectivity index (χ4v) is 2.39.